The minimum absolute atomic E-state index is 0.276. The molecule has 1 aliphatic carbocycles. The highest BCUT2D eigenvalue weighted by molar-refractivity contribution is 5.73. The van der Waals surface area contributed by atoms with Crippen molar-refractivity contribution in [3.8, 4) is 0 Å². The van der Waals surface area contributed by atoms with E-state index in [0.29, 0.717) is 5.92 Å². The zero-order chi connectivity index (χ0) is 12.6. The molecule has 2 atom stereocenters. The molecule has 1 fully saturated rings. The number of carbonyl (C=O) groups is 1. The maximum Gasteiger partial charge on any atom is 0.333 e. The topological polar surface area (TPSA) is 57.5 Å². The van der Waals surface area contributed by atoms with Crippen LogP contribution in [0, 0.1) is 16.7 Å². The molecular weight excluding hydrogens is 204 g/mol. The summed E-state index contributed by atoms with van der Waals surface area (Å²) in [5.74, 6) is -0.810. The highest BCUT2D eigenvalue weighted by atomic mass is 16.4. The third kappa shape index (κ3) is 2.76. The molecule has 0 spiro atoms. The lowest BCUT2D eigenvalue weighted by Gasteiger charge is -2.44. The van der Waals surface area contributed by atoms with Gasteiger partial charge in [0.1, 0.15) is 0 Å². The fourth-order valence-electron chi connectivity index (χ4n) is 2.87. The molecule has 1 saturated carbocycles. The summed E-state index contributed by atoms with van der Waals surface area (Å²) in [4.78, 5) is 10.9. The van der Waals surface area contributed by atoms with Gasteiger partial charge in [0.25, 0.3) is 0 Å². The molecular formula is C13H24O3. The van der Waals surface area contributed by atoms with Crippen molar-refractivity contribution < 1.29 is 15.0 Å². The van der Waals surface area contributed by atoms with E-state index in [1.54, 1.807) is 0 Å². The van der Waals surface area contributed by atoms with Crippen molar-refractivity contribution in [2.45, 2.75) is 59.5 Å². The first-order valence-corrected chi connectivity index (χ1v) is 6.08. The molecule has 3 nitrogen and oxygen atoms in total. The number of carboxylic acids is 1. The predicted octanol–water partition coefficient (Wildman–Crippen LogP) is 2.67. The molecule has 0 heterocycles. The van der Waals surface area contributed by atoms with Crippen LogP contribution >= 0.6 is 0 Å². The van der Waals surface area contributed by atoms with Gasteiger partial charge in [-0.1, -0.05) is 34.1 Å². The summed E-state index contributed by atoms with van der Waals surface area (Å²) in [6.45, 7) is 8.19. The van der Waals surface area contributed by atoms with Crippen LogP contribution in [0.3, 0.4) is 0 Å². The summed E-state index contributed by atoms with van der Waals surface area (Å²) in [7, 11) is 0. The van der Waals surface area contributed by atoms with E-state index in [1.165, 1.54) is 6.42 Å². The third-order valence-electron chi connectivity index (χ3n) is 4.20. The van der Waals surface area contributed by atoms with Gasteiger partial charge >= 0.3 is 5.97 Å². The molecule has 0 radical (unpaired) electrons. The van der Waals surface area contributed by atoms with Crippen molar-refractivity contribution in [2.24, 2.45) is 16.7 Å². The number of aliphatic hydroxyl groups is 1. The van der Waals surface area contributed by atoms with Crippen LogP contribution in [0.2, 0.25) is 0 Å². The van der Waals surface area contributed by atoms with Crippen molar-refractivity contribution in [1.29, 1.82) is 0 Å². The van der Waals surface area contributed by atoms with E-state index < -0.39 is 17.5 Å². The molecule has 2 N–H and O–H groups in total. The molecule has 1 rings (SSSR count). The van der Waals surface area contributed by atoms with Crippen molar-refractivity contribution in [3.63, 3.8) is 0 Å². The van der Waals surface area contributed by atoms with Crippen LogP contribution in [-0.2, 0) is 4.79 Å². The molecule has 0 amide bonds. The van der Waals surface area contributed by atoms with Crippen LogP contribution in [0.1, 0.15) is 53.4 Å². The first-order chi connectivity index (χ1) is 7.17. The molecule has 94 valence electrons. The fourth-order valence-corrected chi connectivity index (χ4v) is 2.87. The molecule has 2 unspecified atom stereocenters. The third-order valence-corrected chi connectivity index (χ3v) is 4.20. The summed E-state index contributed by atoms with van der Waals surface area (Å²) < 4.78 is 0. The normalized spacial score (nSPS) is 27.4. The Bertz CT molecular complexity index is 268. The minimum atomic E-state index is -1.26. The van der Waals surface area contributed by atoms with Gasteiger partial charge in [-0.25, -0.2) is 4.79 Å². The highest BCUT2D eigenvalue weighted by Gasteiger charge is 2.43. The lowest BCUT2D eigenvalue weighted by molar-refractivity contribution is -0.157. The molecule has 1 aliphatic rings. The van der Waals surface area contributed by atoms with Gasteiger partial charge in [0, 0.05) is 5.41 Å². The van der Waals surface area contributed by atoms with Crippen LogP contribution in [0.4, 0.5) is 0 Å². The number of rotatable bonds is 3. The second kappa shape index (κ2) is 4.36. The summed E-state index contributed by atoms with van der Waals surface area (Å²) >= 11 is 0. The second-order valence-electron chi connectivity index (χ2n) is 6.52. The Morgan fingerprint density at radius 3 is 2.44 bits per heavy atom. The highest BCUT2D eigenvalue weighted by Crippen LogP contribution is 2.47. The SMILES string of the molecule is CC1(C)CCCC(C(C)(C)C(O)C(=O)O)C1. The zero-order valence-electron chi connectivity index (χ0n) is 10.8. The van der Waals surface area contributed by atoms with Gasteiger partial charge in [0.2, 0.25) is 0 Å². The van der Waals surface area contributed by atoms with Crippen LogP contribution < -0.4 is 0 Å². The average molecular weight is 228 g/mol. The van der Waals surface area contributed by atoms with Gasteiger partial charge in [-0.05, 0) is 30.6 Å². The van der Waals surface area contributed by atoms with E-state index in [2.05, 4.69) is 13.8 Å². The van der Waals surface area contributed by atoms with E-state index in [-0.39, 0.29) is 5.41 Å². The molecule has 0 saturated heterocycles. The number of aliphatic hydroxyl groups excluding tert-OH is 1. The van der Waals surface area contributed by atoms with Gasteiger partial charge in [-0.15, -0.1) is 0 Å². The Morgan fingerprint density at radius 2 is 2.00 bits per heavy atom. The molecule has 0 aromatic rings. The van der Waals surface area contributed by atoms with Gasteiger partial charge < -0.3 is 10.2 Å². The summed E-state index contributed by atoms with van der Waals surface area (Å²) in [6, 6.07) is 0. The Morgan fingerprint density at radius 1 is 1.44 bits per heavy atom. The second-order valence-corrected chi connectivity index (χ2v) is 6.52. The van der Waals surface area contributed by atoms with Crippen LogP contribution in [0.25, 0.3) is 0 Å². The van der Waals surface area contributed by atoms with E-state index in [9.17, 15) is 9.90 Å². The van der Waals surface area contributed by atoms with Crippen molar-refractivity contribution in [2.75, 3.05) is 0 Å². The Kier molecular flexibility index (Phi) is 3.68. The summed E-state index contributed by atoms with van der Waals surface area (Å²) in [6.07, 6.45) is 3.10. The number of carboxylic acid groups (broad SMARTS) is 1. The minimum Gasteiger partial charge on any atom is -0.479 e. The summed E-state index contributed by atoms with van der Waals surface area (Å²) in [5, 5.41) is 18.7. The zero-order valence-corrected chi connectivity index (χ0v) is 10.8. The van der Waals surface area contributed by atoms with Crippen LogP contribution in [0.5, 0.6) is 0 Å². The average Bonchev–Trinajstić information content (AvgIpc) is 2.14. The summed E-state index contributed by atoms with van der Waals surface area (Å²) in [5.41, 5.74) is -0.262. The van der Waals surface area contributed by atoms with Gasteiger partial charge in [0.05, 0.1) is 0 Å². The van der Waals surface area contributed by atoms with E-state index in [0.717, 1.165) is 19.3 Å². The van der Waals surface area contributed by atoms with Gasteiger partial charge in [-0.3, -0.25) is 0 Å². The lowest BCUT2D eigenvalue weighted by Crippen LogP contribution is -2.44. The van der Waals surface area contributed by atoms with Crippen molar-refractivity contribution >= 4 is 5.97 Å². The largest absolute Gasteiger partial charge is 0.479 e. The van der Waals surface area contributed by atoms with Crippen LogP contribution in [0.15, 0.2) is 0 Å². The fraction of sp³-hybridized carbons (Fsp3) is 0.923. The molecule has 3 heteroatoms. The predicted molar refractivity (Wildman–Crippen MR) is 63.2 cm³/mol. The smallest absolute Gasteiger partial charge is 0.333 e. The Hall–Kier alpha value is -0.570. The maximum atomic E-state index is 10.9. The number of aliphatic carboxylic acids is 1. The Labute approximate surface area is 97.9 Å². The molecule has 0 aliphatic heterocycles. The maximum absolute atomic E-state index is 10.9. The van der Waals surface area contributed by atoms with Gasteiger partial charge in [0.15, 0.2) is 6.10 Å². The molecule has 16 heavy (non-hydrogen) atoms. The standard InChI is InChI=1S/C13H24O3/c1-12(2)7-5-6-9(8-12)13(3,4)10(14)11(15)16/h9-10,14H,5-8H2,1-4H3,(H,15,16). The lowest BCUT2D eigenvalue weighted by atomic mass is 9.62. The first kappa shape index (κ1) is 13.5. The van der Waals surface area contributed by atoms with Crippen molar-refractivity contribution in [1.82, 2.24) is 0 Å². The van der Waals surface area contributed by atoms with E-state index >= 15 is 0 Å². The molecule has 0 bridgehead atoms. The monoisotopic (exact) mass is 228 g/mol. The Balaban J connectivity index is 2.79. The van der Waals surface area contributed by atoms with E-state index in [4.69, 9.17) is 5.11 Å². The number of hydrogen-bond donors (Lipinski definition) is 2. The van der Waals surface area contributed by atoms with Crippen molar-refractivity contribution in [3.05, 3.63) is 0 Å². The quantitative estimate of drug-likeness (QED) is 0.780. The first-order valence-electron chi connectivity index (χ1n) is 6.08. The van der Waals surface area contributed by atoms with E-state index in [1.807, 2.05) is 13.8 Å². The van der Waals surface area contributed by atoms with Gasteiger partial charge in [-0.2, -0.15) is 0 Å². The van der Waals surface area contributed by atoms with Crippen LogP contribution in [-0.4, -0.2) is 22.3 Å². The number of hydrogen-bond acceptors (Lipinski definition) is 2. The molecule has 0 aromatic heterocycles. The molecule has 0 aromatic carbocycles.